The number of hydrogen-bond acceptors (Lipinski definition) is 4. The molecule has 2 rings (SSSR count). The van der Waals surface area contributed by atoms with Gasteiger partial charge in [-0.3, -0.25) is 0 Å². The van der Waals surface area contributed by atoms with Crippen molar-refractivity contribution in [3.8, 4) is 5.75 Å². The summed E-state index contributed by atoms with van der Waals surface area (Å²) in [6, 6.07) is 6.48. The fourth-order valence-corrected chi connectivity index (χ4v) is 2.23. The monoisotopic (exact) mass is 257 g/mol. The third-order valence-corrected chi connectivity index (χ3v) is 4.23. The van der Waals surface area contributed by atoms with Gasteiger partial charge in [0.15, 0.2) is 0 Å². The Labute approximate surface area is 101 Å². The second kappa shape index (κ2) is 4.64. The Bertz CT molecular complexity index is 494. The Balaban J connectivity index is 2.15. The molecule has 17 heavy (non-hydrogen) atoms. The third kappa shape index (κ3) is 2.96. The van der Waals surface area contributed by atoms with Crippen molar-refractivity contribution in [1.82, 2.24) is 4.31 Å². The van der Waals surface area contributed by atoms with Crippen LogP contribution in [0.2, 0.25) is 0 Å². The molecular formula is C11H15NO4S. The largest absolute Gasteiger partial charge is 0.491 e. The Hall–Kier alpha value is -1.11. The van der Waals surface area contributed by atoms with E-state index in [1.54, 1.807) is 18.2 Å². The van der Waals surface area contributed by atoms with E-state index >= 15 is 0 Å². The van der Waals surface area contributed by atoms with Crippen LogP contribution >= 0.6 is 0 Å². The number of benzene rings is 1. The molecule has 0 aromatic heterocycles. The minimum Gasteiger partial charge on any atom is -0.491 e. The third-order valence-electron chi connectivity index (χ3n) is 2.42. The second-order valence-corrected chi connectivity index (χ2v) is 6.18. The molecule has 0 saturated carbocycles. The van der Waals surface area contributed by atoms with Crippen LogP contribution in [-0.4, -0.2) is 46.1 Å². The number of ether oxygens (including phenoxy) is 2. The predicted molar refractivity (Wildman–Crippen MR) is 62.5 cm³/mol. The average Bonchev–Trinajstić information content (AvgIpc) is 3.10. The normalized spacial score (nSPS) is 19.4. The van der Waals surface area contributed by atoms with Crippen LogP contribution in [0.25, 0.3) is 0 Å². The number of rotatable bonds is 5. The maximum atomic E-state index is 11.9. The van der Waals surface area contributed by atoms with Gasteiger partial charge in [0.2, 0.25) is 10.0 Å². The van der Waals surface area contributed by atoms with Crippen LogP contribution in [0, 0.1) is 0 Å². The maximum Gasteiger partial charge on any atom is 0.242 e. The van der Waals surface area contributed by atoms with Crippen LogP contribution in [0.4, 0.5) is 0 Å². The molecule has 94 valence electrons. The van der Waals surface area contributed by atoms with Gasteiger partial charge in [-0.1, -0.05) is 6.07 Å². The fraction of sp³-hybridized carbons (Fsp3) is 0.455. The lowest BCUT2D eigenvalue weighted by Gasteiger charge is -2.12. The summed E-state index contributed by atoms with van der Waals surface area (Å²) in [5.41, 5.74) is 0. The molecule has 1 atom stereocenters. The van der Waals surface area contributed by atoms with Crippen LogP contribution in [0.5, 0.6) is 5.75 Å². The predicted octanol–water partition coefficient (Wildman–Crippen LogP) is 0.715. The van der Waals surface area contributed by atoms with E-state index < -0.39 is 10.0 Å². The molecule has 5 nitrogen and oxygen atoms in total. The van der Waals surface area contributed by atoms with E-state index in [-0.39, 0.29) is 11.0 Å². The van der Waals surface area contributed by atoms with E-state index in [4.69, 9.17) is 9.47 Å². The van der Waals surface area contributed by atoms with E-state index in [2.05, 4.69) is 0 Å². The van der Waals surface area contributed by atoms with Crippen LogP contribution in [0.15, 0.2) is 29.2 Å². The molecule has 0 radical (unpaired) electrons. The second-order valence-electron chi connectivity index (χ2n) is 4.03. The summed E-state index contributed by atoms with van der Waals surface area (Å²) in [4.78, 5) is 0.233. The van der Waals surface area contributed by atoms with Crippen molar-refractivity contribution < 1.29 is 17.9 Å². The summed E-state index contributed by atoms with van der Waals surface area (Å²) in [5, 5.41) is 0. The van der Waals surface area contributed by atoms with Gasteiger partial charge in [0, 0.05) is 20.2 Å². The quantitative estimate of drug-likeness (QED) is 0.729. The first-order chi connectivity index (χ1) is 8.00. The first kappa shape index (κ1) is 12.3. The molecule has 1 aliphatic rings. The zero-order valence-electron chi connectivity index (χ0n) is 9.79. The highest BCUT2D eigenvalue weighted by molar-refractivity contribution is 7.89. The highest BCUT2D eigenvalue weighted by atomic mass is 32.2. The van der Waals surface area contributed by atoms with Crippen LogP contribution in [0.3, 0.4) is 0 Å². The molecular weight excluding hydrogens is 242 g/mol. The van der Waals surface area contributed by atoms with Crippen molar-refractivity contribution >= 4 is 10.0 Å². The standard InChI is InChI=1S/C11H15NO4S/c1-12(2)17(13,14)11-5-3-4-9(6-11)15-7-10-8-16-10/h3-6,10H,7-8H2,1-2H3. The average molecular weight is 257 g/mol. The molecule has 1 aliphatic heterocycles. The molecule has 1 aromatic carbocycles. The molecule has 0 aliphatic carbocycles. The van der Waals surface area contributed by atoms with Crippen molar-refractivity contribution in [2.75, 3.05) is 27.3 Å². The van der Waals surface area contributed by atoms with Gasteiger partial charge in [-0.25, -0.2) is 12.7 Å². The first-order valence-corrected chi connectivity index (χ1v) is 6.71. The molecule has 0 amide bonds. The van der Waals surface area contributed by atoms with Crippen molar-refractivity contribution in [1.29, 1.82) is 0 Å². The molecule has 1 saturated heterocycles. The Morgan fingerprint density at radius 2 is 2.18 bits per heavy atom. The van der Waals surface area contributed by atoms with Crippen molar-refractivity contribution in [2.45, 2.75) is 11.0 Å². The van der Waals surface area contributed by atoms with E-state index in [0.717, 1.165) is 6.61 Å². The van der Waals surface area contributed by atoms with Gasteiger partial charge < -0.3 is 9.47 Å². The summed E-state index contributed by atoms with van der Waals surface area (Å²) in [7, 11) is -0.398. The fourth-order valence-electron chi connectivity index (χ4n) is 1.29. The minimum absolute atomic E-state index is 0.157. The molecule has 6 heteroatoms. The molecule has 1 aromatic rings. The summed E-state index contributed by atoms with van der Waals surface area (Å²) < 4.78 is 35.4. The molecule has 1 fully saturated rings. The first-order valence-electron chi connectivity index (χ1n) is 5.27. The van der Waals surface area contributed by atoms with Gasteiger partial charge in [-0.2, -0.15) is 0 Å². The maximum absolute atomic E-state index is 11.9. The zero-order valence-corrected chi connectivity index (χ0v) is 10.6. The van der Waals surface area contributed by atoms with Gasteiger partial charge >= 0.3 is 0 Å². The molecule has 1 heterocycles. The van der Waals surface area contributed by atoms with E-state index in [0.29, 0.717) is 12.4 Å². The number of nitrogens with zero attached hydrogens (tertiary/aromatic N) is 1. The lowest BCUT2D eigenvalue weighted by atomic mass is 10.3. The summed E-state index contributed by atoms with van der Waals surface area (Å²) >= 11 is 0. The zero-order chi connectivity index (χ0) is 12.5. The SMILES string of the molecule is CN(C)S(=O)(=O)c1cccc(OCC2CO2)c1. The topological polar surface area (TPSA) is 59.1 Å². The number of sulfonamides is 1. The molecule has 0 N–H and O–H groups in total. The molecule has 1 unspecified atom stereocenters. The van der Waals surface area contributed by atoms with Crippen LogP contribution in [0.1, 0.15) is 0 Å². The summed E-state index contributed by atoms with van der Waals surface area (Å²) in [6.07, 6.45) is 0.157. The van der Waals surface area contributed by atoms with Gasteiger partial charge in [-0.05, 0) is 12.1 Å². The summed E-state index contributed by atoms with van der Waals surface area (Å²) in [6.45, 7) is 1.18. The smallest absolute Gasteiger partial charge is 0.242 e. The van der Waals surface area contributed by atoms with Gasteiger partial charge in [0.25, 0.3) is 0 Å². The van der Waals surface area contributed by atoms with Gasteiger partial charge in [0.05, 0.1) is 11.5 Å². The highest BCUT2D eigenvalue weighted by Gasteiger charge is 2.23. The van der Waals surface area contributed by atoms with Crippen molar-refractivity contribution in [3.63, 3.8) is 0 Å². The van der Waals surface area contributed by atoms with E-state index in [1.165, 1.54) is 24.5 Å². The van der Waals surface area contributed by atoms with Crippen LogP contribution in [-0.2, 0) is 14.8 Å². The minimum atomic E-state index is -3.40. The Morgan fingerprint density at radius 1 is 1.47 bits per heavy atom. The molecule has 0 bridgehead atoms. The summed E-state index contributed by atoms with van der Waals surface area (Å²) in [5.74, 6) is 0.545. The number of hydrogen-bond donors (Lipinski definition) is 0. The Morgan fingerprint density at radius 3 is 2.76 bits per heavy atom. The van der Waals surface area contributed by atoms with Gasteiger partial charge in [0.1, 0.15) is 18.5 Å². The van der Waals surface area contributed by atoms with Gasteiger partial charge in [-0.15, -0.1) is 0 Å². The number of epoxide rings is 1. The van der Waals surface area contributed by atoms with Crippen molar-refractivity contribution in [3.05, 3.63) is 24.3 Å². The van der Waals surface area contributed by atoms with E-state index in [1.807, 2.05) is 0 Å². The lowest BCUT2D eigenvalue weighted by Crippen LogP contribution is -2.22. The van der Waals surface area contributed by atoms with Crippen molar-refractivity contribution in [2.24, 2.45) is 0 Å². The molecule has 0 spiro atoms. The van der Waals surface area contributed by atoms with E-state index in [9.17, 15) is 8.42 Å². The highest BCUT2D eigenvalue weighted by Crippen LogP contribution is 2.20. The lowest BCUT2D eigenvalue weighted by molar-refractivity contribution is 0.262. The van der Waals surface area contributed by atoms with Crippen LogP contribution < -0.4 is 4.74 Å². The Kier molecular flexibility index (Phi) is 3.37.